The molecule has 2 aromatic carbocycles. The second kappa shape index (κ2) is 7.36. The van der Waals surface area contributed by atoms with E-state index in [0.717, 1.165) is 39.1 Å². The Hall–Kier alpha value is -4.00. The smallest absolute Gasteiger partial charge is 0.326 e. The number of fused-ring (bicyclic) bond motifs is 1. The SMILES string of the molecule is Cc1cccc(-c2nc(-c3cnccn3)[nH]c2-c2ccc3[nH]c(=O)n(C(C)C)c3c2)c1. The highest BCUT2D eigenvalue weighted by molar-refractivity contribution is 5.87. The van der Waals surface area contributed by atoms with Gasteiger partial charge in [0.05, 0.1) is 28.6 Å². The number of H-pyrrole nitrogens is 2. The average Bonchev–Trinajstić information content (AvgIpc) is 3.34. The zero-order valence-corrected chi connectivity index (χ0v) is 17.5. The van der Waals surface area contributed by atoms with Crippen LogP contribution in [0, 0.1) is 6.92 Å². The third kappa shape index (κ3) is 3.34. The van der Waals surface area contributed by atoms with Gasteiger partial charge in [-0.25, -0.2) is 14.8 Å². The molecular weight excluding hydrogens is 388 g/mol. The number of nitrogens with zero attached hydrogens (tertiary/aromatic N) is 4. The second-order valence-electron chi connectivity index (χ2n) is 7.89. The fourth-order valence-electron chi connectivity index (χ4n) is 3.92. The number of aryl methyl sites for hydroxylation is 1. The Balaban J connectivity index is 1.75. The largest absolute Gasteiger partial charge is 0.336 e. The maximum Gasteiger partial charge on any atom is 0.326 e. The predicted molar refractivity (Wildman–Crippen MR) is 122 cm³/mol. The van der Waals surface area contributed by atoms with Gasteiger partial charge < -0.3 is 9.97 Å². The lowest BCUT2D eigenvalue weighted by atomic mass is 10.0. The van der Waals surface area contributed by atoms with Crippen LogP contribution in [0.3, 0.4) is 0 Å². The molecule has 7 heteroatoms. The van der Waals surface area contributed by atoms with E-state index < -0.39 is 0 Å². The summed E-state index contributed by atoms with van der Waals surface area (Å²) < 4.78 is 1.77. The molecule has 0 saturated carbocycles. The Morgan fingerprint density at radius 1 is 1.00 bits per heavy atom. The molecule has 0 aliphatic rings. The Labute approximate surface area is 178 Å². The van der Waals surface area contributed by atoms with Crippen LogP contribution in [-0.2, 0) is 0 Å². The lowest BCUT2D eigenvalue weighted by molar-refractivity contribution is 0.598. The minimum atomic E-state index is -0.106. The van der Waals surface area contributed by atoms with E-state index in [1.54, 1.807) is 23.2 Å². The van der Waals surface area contributed by atoms with Crippen LogP contribution in [0.4, 0.5) is 0 Å². The Kier molecular flexibility index (Phi) is 4.51. The molecule has 5 rings (SSSR count). The van der Waals surface area contributed by atoms with Gasteiger partial charge in [-0.15, -0.1) is 0 Å². The molecule has 0 spiro atoms. The fraction of sp³-hybridized carbons (Fsp3) is 0.167. The summed E-state index contributed by atoms with van der Waals surface area (Å²) >= 11 is 0. The summed E-state index contributed by atoms with van der Waals surface area (Å²) in [6, 6.07) is 14.3. The summed E-state index contributed by atoms with van der Waals surface area (Å²) in [5, 5.41) is 0. The van der Waals surface area contributed by atoms with Gasteiger partial charge >= 0.3 is 5.69 Å². The van der Waals surface area contributed by atoms with Crippen LogP contribution in [0.15, 0.2) is 65.8 Å². The lowest BCUT2D eigenvalue weighted by Gasteiger charge is -2.09. The highest BCUT2D eigenvalue weighted by atomic mass is 16.1. The van der Waals surface area contributed by atoms with Gasteiger partial charge in [-0.05, 0) is 39.0 Å². The summed E-state index contributed by atoms with van der Waals surface area (Å²) in [4.78, 5) is 32.2. The number of aromatic amines is 2. The molecular formula is C24H22N6O. The zero-order valence-electron chi connectivity index (χ0n) is 17.5. The molecule has 0 aliphatic heterocycles. The summed E-state index contributed by atoms with van der Waals surface area (Å²) in [5.41, 5.74) is 7.06. The van der Waals surface area contributed by atoms with Crippen LogP contribution >= 0.6 is 0 Å². The monoisotopic (exact) mass is 410 g/mol. The highest BCUT2D eigenvalue weighted by Gasteiger charge is 2.18. The Morgan fingerprint density at radius 3 is 2.61 bits per heavy atom. The second-order valence-corrected chi connectivity index (χ2v) is 7.89. The predicted octanol–water partition coefficient (Wildman–Crippen LogP) is 4.73. The third-order valence-electron chi connectivity index (χ3n) is 5.32. The molecule has 2 N–H and O–H groups in total. The van der Waals surface area contributed by atoms with Crippen molar-refractivity contribution in [1.29, 1.82) is 0 Å². The van der Waals surface area contributed by atoms with E-state index in [1.807, 2.05) is 44.2 Å². The maximum atomic E-state index is 12.4. The van der Waals surface area contributed by atoms with Crippen molar-refractivity contribution in [3.63, 3.8) is 0 Å². The van der Waals surface area contributed by atoms with Gasteiger partial charge in [0, 0.05) is 29.6 Å². The molecule has 5 aromatic rings. The number of benzene rings is 2. The van der Waals surface area contributed by atoms with Crippen molar-refractivity contribution >= 4 is 11.0 Å². The van der Waals surface area contributed by atoms with Gasteiger partial charge in [0.1, 0.15) is 5.69 Å². The minimum absolute atomic E-state index is 0.0460. The van der Waals surface area contributed by atoms with E-state index in [9.17, 15) is 4.79 Å². The first kappa shape index (κ1) is 19.0. The standard InChI is InChI=1S/C24H22N6O/c1-14(2)30-20-12-17(7-8-18(20)27-24(30)31)22-21(16-6-4-5-15(3)11-16)28-23(29-22)19-13-25-9-10-26-19/h4-14H,1-3H3,(H,27,31)(H,28,29). The zero-order chi connectivity index (χ0) is 21.5. The molecule has 0 fully saturated rings. The van der Waals surface area contributed by atoms with Crippen molar-refractivity contribution in [2.75, 3.05) is 0 Å². The van der Waals surface area contributed by atoms with E-state index in [1.165, 1.54) is 0 Å². The van der Waals surface area contributed by atoms with Gasteiger partial charge in [-0.3, -0.25) is 9.55 Å². The lowest BCUT2D eigenvalue weighted by Crippen LogP contribution is -2.18. The molecule has 3 heterocycles. The first-order valence-corrected chi connectivity index (χ1v) is 10.2. The summed E-state index contributed by atoms with van der Waals surface area (Å²) in [5.74, 6) is 0.648. The summed E-state index contributed by atoms with van der Waals surface area (Å²) in [7, 11) is 0. The van der Waals surface area contributed by atoms with Gasteiger partial charge in [0.2, 0.25) is 0 Å². The van der Waals surface area contributed by atoms with Crippen molar-refractivity contribution in [2.24, 2.45) is 0 Å². The summed E-state index contributed by atoms with van der Waals surface area (Å²) in [6.45, 7) is 6.07. The Bertz CT molecular complexity index is 1440. The van der Waals surface area contributed by atoms with Crippen molar-refractivity contribution < 1.29 is 0 Å². The molecule has 31 heavy (non-hydrogen) atoms. The van der Waals surface area contributed by atoms with E-state index in [4.69, 9.17) is 4.98 Å². The van der Waals surface area contributed by atoms with Crippen LogP contribution in [0.2, 0.25) is 0 Å². The molecule has 0 amide bonds. The number of rotatable bonds is 4. The number of hydrogen-bond acceptors (Lipinski definition) is 4. The van der Waals surface area contributed by atoms with E-state index in [-0.39, 0.29) is 11.7 Å². The Morgan fingerprint density at radius 2 is 1.87 bits per heavy atom. The van der Waals surface area contributed by atoms with Crippen LogP contribution in [0.1, 0.15) is 25.5 Å². The minimum Gasteiger partial charge on any atom is -0.336 e. The van der Waals surface area contributed by atoms with Gasteiger partial charge in [0.15, 0.2) is 5.82 Å². The molecule has 3 aromatic heterocycles. The highest BCUT2D eigenvalue weighted by Crippen LogP contribution is 2.34. The molecule has 0 atom stereocenters. The van der Waals surface area contributed by atoms with Crippen LogP contribution in [0.25, 0.3) is 45.1 Å². The summed E-state index contributed by atoms with van der Waals surface area (Å²) in [6.07, 6.45) is 4.98. The van der Waals surface area contributed by atoms with Crippen LogP contribution < -0.4 is 5.69 Å². The first-order valence-electron chi connectivity index (χ1n) is 10.2. The molecule has 0 bridgehead atoms. The molecule has 0 saturated heterocycles. The molecule has 7 nitrogen and oxygen atoms in total. The fourth-order valence-corrected chi connectivity index (χ4v) is 3.92. The number of imidazole rings is 2. The van der Waals surface area contributed by atoms with Crippen LogP contribution in [0.5, 0.6) is 0 Å². The van der Waals surface area contributed by atoms with Crippen LogP contribution in [-0.4, -0.2) is 29.5 Å². The van der Waals surface area contributed by atoms with Crippen molar-refractivity contribution in [1.82, 2.24) is 29.5 Å². The quantitative estimate of drug-likeness (QED) is 0.448. The van der Waals surface area contributed by atoms with E-state index in [0.29, 0.717) is 11.5 Å². The van der Waals surface area contributed by atoms with Gasteiger partial charge in [0.25, 0.3) is 0 Å². The number of nitrogens with one attached hydrogen (secondary N) is 2. The molecule has 154 valence electrons. The molecule has 0 aliphatic carbocycles. The van der Waals surface area contributed by atoms with Crippen molar-refractivity contribution in [2.45, 2.75) is 26.8 Å². The third-order valence-corrected chi connectivity index (χ3v) is 5.32. The number of aromatic nitrogens is 6. The first-order chi connectivity index (χ1) is 15.0. The molecule has 0 unspecified atom stereocenters. The van der Waals surface area contributed by atoms with Gasteiger partial charge in [-0.1, -0.05) is 29.8 Å². The van der Waals surface area contributed by atoms with E-state index >= 15 is 0 Å². The number of hydrogen-bond donors (Lipinski definition) is 2. The van der Waals surface area contributed by atoms with Crippen molar-refractivity contribution in [3.05, 3.63) is 77.1 Å². The normalized spacial score (nSPS) is 11.5. The maximum absolute atomic E-state index is 12.4. The molecule has 0 radical (unpaired) electrons. The average molecular weight is 410 g/mol. The van der Waals surface area contributed by atoms with Gasteiger partial charge in [-0.2, -0.15) is 0 Å². The van der Waals surface area contributed by atoms with E-state index in [2.05, 4.69) is 39.0 Å². The van der Waals surface area contributed by atoms with Crippen molar-refractivity contribution in [3.8, 4) is 34.0 Å². The topological polar surface area (TPSA) is 92.2 Å².